The van der Waals surface area contributed by atoms with Crippen molar-refractivity contribution in [1.82, 2.24) is 0 Å². The van der Waals surface area contributed by atoms with E-state index < -0.39 is 93.5 Å². The molecule has 0 rings (SSSR count). The van der Waals surface area contributed by atoms with Crippen LogP contribution in [-0.2, 0) is 28.7 Å². The molecule has 0 heterocycles. The van der Waals surface area contributed by atoms with E-state index in [-0.39, 0.29) is 27.9 Å². The van der Waals surface area contributed by atoms with Crippen molar-refractivity contribution in [2.24, 2.45) is 10.8 Å². The standard InChI is InChI=1S/C6H14O.2C5H12O4.5C4H6O2/c1-3-5-7-6-4-2;2*6-1-5(2-7,3-8)4-9;5*1-3(2)4(5)6/h3-6H2,1-2H3;2*6-9H,1-4H2;5*1H2,2H3,(H,5,6). The summed E-state index contributed by atoms with van der Waals surface area (Å²) < 4.78 is 5.13. The van der Waals surface area contributed by atoms with E-state index in [1.807, 2.05) is 0 Å². The number of hydrogen-bond donors (Lipinski definition) is 13. The fourth-order valence-corrected chi connectivity index (χ4v) is 0.991. The molecule has 0 aliphatic carbocycles. The van der Waals surface area contributed by atoms with Gasteiger partial charge in [0.2, 0.25) is 0 Å². The first-order chi connectivity index (χ1) is 25.1. The molecule has 0 aromatic carbocycles. The molecule has 0 bridgehead atoms. The Balaban J connectivity index is -0.0000000770. The fourth-order valence-electron chi connectivity index (χ4n) is 0.991. The summed E-state index contributed by atoms with van der Waals surface area (Å²) in [4.78, 5) is 48.0. The van der Waals surface area contributed by atoms with Gasteiger partial charge < -0.3 is 71.1 Å². The molecule has 55 heavy (non-hydrogen) atoms. The molecule has 0 atom stereocenters. The van der Waals surface area contributed by atoms with Crippen LogP contribution in [0.25, 0.3) is 0 Å². The number of carboxylic acids is 5. The third-order valence-corrected chi connectivity index (χ3v) is 5.21. The average molecular weight is 805 g/mol. The van der Waals surface area contributed by atoms with Gasteiger partial charge in [0, 0.05) is 41.1 Å². The predicted octanol–water partition coefficient (Wildman–Crippen LogP) is 0.943. The summed E-state index contributed by atoms with van der Waals surface area (Å²) in [7, 11) is 0. The zero-order chi connectivity index (χ0) is 46.0. The van der Waals surface area contributed by atoms with Crippen LogP contribution in [0.5, 0.6) is 0 Å². The van der Waals surface area contributed by atoms with E-state index in [9.17, 15) is 24.0 Å². The molecule has 326 valence electrons. The Morgan fingerprint density at radius 3 is 0.527 bits per heavy atom. The summed E-state index contributed by atoms with van der Waals surface area (Å²) in [5.74, 6) is -4.68. The molecule has 19 heteroatoms. The summed E-state index contributed by atoms with van der Waals surface area (Å²) in [5.41, 5.74) is -1.34. The SMILES string of the molecule is C=C(C)C(=O)O.C=C(C)C(=O)O.C=C(C)C(=O)O.C=C(C)C(=O)O.C=C(C)C(=O)O.CCCOCCC.OCC(CO)(CO)CO.OCC(CO)(CO)CO. The highest BCUT2D eigenvalue weighted by Crippen LogP contribution is 2.12. The Labute approximate surface area is 323 Å². The van der Waals surface area contributed by atoms with Gasteiger partial charge in [0.15, 0.2) is 0 Å². The van der Waals surface area contributed by atoms with E-state index in [4.69, 9.17) is 71.1 Å². The molecule has 0 aliphatic rings. The first-order valence-electron chi connectivity index (χ1n) is 16.0. The third kappa shape index (κ3) is 59.2. The smallest absolute Gasteiger partial charge is 0.330 e. The van der Waals surface area contributed by atoms with Crippen molar-refractivity contribution in [3.8, 4) is 0 Å². The lowest BCUT2D eigenvalue weighted by Gasteiger charge is -2.23. The van der Waals surface area contributed by atoms with Crippen molar-refractivity contribution < 1.29 is 95.1 Å². The molecule has 0 aromatic heterocycles. The van der Waals surface area contributed by atoms with Crippen molar-refractivity contribution in [3.05, 3.63) is 60.8 Å². The highest BCUT2D eigenvalue weighted by molar-refractivity contribution is 5.86. The molecule has 19 nitrogen and oxygen atoms in total. The lowest BCUT2D eigenvalue weighted by Crippen LogP contribution is -2.37. The predicted molar refractivity (Wildman–Crippen MR) is 205 cm³/mol. The minimum absolute atomic E-state index is 0.176. The van der Waals surface area contributed by atoms with Crippen LogP contribution in [0.15, 0.2) is 60.8 Å². The van der Waals surface area contributed by atoms with Crippen molar-refractivity contribution in [2.75, 3.05) is 66.1 Å². The molecule has 0 aliphatic heterocycles. The second kappa shape index (κ2) is 45.8. The molecule has 13 N–H and O–H groups in total. The highest BCUT2D eigenvalue weighted by Gasteiger charge is 2.27. The summed E-state index contributed by atoms with van der Waals surface area (Å²) >= 11 is 0. The van der Waals surface area contributed by atoms with Crippen molar-refractivity contribution in [1.29, 1.82) is 0 Å². The van der Waals surface area contributed by atoms with E-state index in [1.165, 1.54) is 34.6 Å². The van der Waals surface area contributed by atoms with Crippen LogP contribution in [-0.4, -0.2) is 162 Å². The van der Waals surface area contributed by atoms with E-state index in [0.717, 1.165) is 26.1 Å². The number of aliphatic carboxylic acids is 5. The van der Waals surface area contributed by atoms with Gasteiger partial charge in [-0.2, -0.15) is 0 Å². The van der Waals surface area contributed by atoms with Gasteiger partial charge in [0.05, 0.1) is 63.7 Å². The van der Waals surface area contributed by atoms with Crippen LogP contribution in [0.4, 0.5) is 0 Å². The highest BCUT2D eigenvalue weighted by atomic mass is 16.5. The van der Waals surface area contributed by atoms with Gasteiger partial charge in [-0.15, -0.1) is 0 Å². The van der Waals surface area contributed by atoms with Gasteiger partial charge in [0.1, 0.15) is 0 Å². The molecule has 0 spiro atoms. The number of rotatable bonds is 17. The van der Waals surface area contributed by atoms with Crippen molar-refractivity contribution in [3.63, 3.8) is 0 Å². The third-order valence-electron chi connectivity index (χ3n) is 5.21. The molecular formula is C36H68O19. The Morgan fingerprint density at radius 1 is 0.382 bits per heavy atom. The van der Waals surface area contributed by atoms with Gasteiger partial charge in [-0.25, -0.2) is 24.0 Å². The number of carbonyl (C=O) groups is 5. The van der Waals surface area contributed by atoms with Crippen LogP contribution in [0.3, 0.4) is 0 Å². The number of aliphatic hydroxyl groups is 8. The zero-order valence-corrected chi connectivity index (χ0v) is 33.3. The Kier molecular flexibility index (Phi) is 57.2. The molecule has 0 saturated heterocycles. The van der Waals surface area contributed by atoms with Gasteiger partial charge >= 0.3 is 29.8 Å². The van der Waals surface area contributed by atoms with Crippen LogP contribution in [0, 0.1) is 10.8 Å². The van der Waals surface area contributed by atoms with Gasteiger partial charge in [0.25, 0.3) is 0 Å². The molecule has 0 saturated carbocycles. The Bertz CT molecular complexity index is 830. The molecular weight excluding hydrogens is 736 g/mol. The molecule has 0 fully saturated rings. The number of carboxylic acid groups (broad SMARTS) is 5. The van der Waals surface area contributed by atoms with Gasteiger partial charge in [-0.3, -0.25) is 0 Å². The molecule has 0 unspecified atom stereocenters. The number of hydrogen-bond acceptors (Lipinski definition) is 14. The summed E-state index contributed by atoms with van der Waals surface area (Å²) in [6, 6.07) is 0. The summed E-state index contributed by atoms with van der Waals surface area (Å²) in [6.45, 7) is 25.8. The van der Waals surface area contributed by atoms with Gasteiger partial charge in [-0.05, 0) is 47.5 Å². The second-order valence-corrected chi connectivity index (χ2v) is 11.3. The lowest BCUT2D eigenvalue weighted by atomic mass is 9.93. The largest absolute Gasteiger partial charge is 0.478 e. The molecule has 0 aromatic rings. The maximum absolute atomic E-state index is 9.60. The monoisotopic (exact) mass is 804 g/mol. The average Bonchev–Trinajstić information content (AvgIpc) is 3.12. The summed E-state index contributed by atoms with van der Waals surface area (Å²) in [6.07, 6.45) is 2.28. The molecule has 0 amide bonds. The number of ether oxygens (including phenoxy) is 1. The summed E-state index contributed by atoms with van der Waals surface area (Å²) in [5, 5.41) is 107. The van der Waals surface area contributed by atoms with Crippen molar-refractivity contribution >= 4 is 29.8 Å². The van der Waals surface area contributed by atoms with E-state index >= 15 is 0 Å². The first kappa shape index (κ1) is 68.7. The number of aliphatic hydroxyl groups excluding tert-OH is 8. The quantitative estimate of drug-likeness (QED) is 0.0718. The Morgan fingerprint density at radius 2 is 0.491 bits per heavy atom. The maximum atomic E-state index is 9.60. The van der Waals surface area contributed by atoms with Crippen molar-refractivity contribution in [2.45, 2.75) is 61.3 Å². The van der Waals surface area contributed by atoms with E-state index in [0.29, 0.717) is 0 Å². The van der Waals surface area contributed by atoms with Crippen LogP contribution < -0.4 is 0 Å². The lowest BCUT2D eigenvalue weighted by molar-refractivity contribution is -0.133. The van der Waals surface area contributed by atoms with Gasteiger partial charge in [-0.1, -0.05) is 46.7 Å². The maximum Gasteiger partial charge on any atom is 0.330 e. The topological polar surface area (TPSA) is 358 Å². The van der Waals surface area contributed by atoms with Crippen LogP contribution in [0.1, 0.15) is 61.3 Å². The van der Waals surface area contributed by atoms with E-state index in [1.54, 1.807) is 0 Å². The van der Waals surface area contributed by atoms with E-state index in [2.05, 4.69) is 46.7 Å². The second-order valence-electron chi connectivity index (χ2n) is 11.3. The van der Waals surface area contributed by atoms with Crippen LogP contribution >= 0.6 is 0 Å². The minimum Gasteiger partial charge on any atom is -0.478 e. The fraction of sp³-hybridized carbons (Fsp3) is 0.583. The normalized spacial score (nSPS) is 9.22. The van der Waals surface area contributed by atoms with Crippen LogP contribution in [0.2, 0.25) is 0 Å². The minimum atomic E-state index is -1.11. The first-order valence-corrected chi connectivity index (χ1v) is 16.0. The zero-order valence-electron chi connectivity index (χ0n) is 33.3. The Hall–Kier alpha value is -4.31. The molecule has 0 radical (unpaired) electrons.